The average Bonchev–Trinajstić information content (AvgIpc) is 3.19. The van der Waals surface area contributed by atoms with E-state index in [9.17, 15) is 4.79 Å². The molecule has 0 spiro atoms. The normalized spacial score (nSPS) is 13.9. The van der Waals surface area contributed by atoms with Gasteiger partial charge in [0.1, 0.15) is 0 Å². The van der Waals surface area contributed by atoms with Crippen LogP contribution in [0.25, 0.3) is 0 Å². The smallest absolute Gasteiger partial charge is 0.239 e. The van der Waals surface area contributed by atoms with E-state index in [0.717, 1.165) is 25.8 Å². The van der Waals surface area contributed by atoms with Gasteiger partial charge in [0.25, 0.3) is 0 Å². The first-order chi connectivity index (χ1) is 9.58. The molecule has 1 aromatic heterocycles. The van der Waals surface area contributed by atoms with Crippen molar-refractivity contribution in [2.75, 3.05) is 30.4 Å². The number of hydrogen-bond donors (Lipinski definition) is 2. The highest BCUT2D eigenvalue weighted by Crippen LogP contribution is 2.18. The number of nitrogens with zero attached hydrogens (tertiary/aromatic N) is 4. The van der Waals surface area contributed by atoms with Crippen molar-refractivity contribution in [3.05, 3.63) is 5.28 Å². The minimum atomic E-state index is -0.0328. The molecule has 1 fully saturated rings. The number of hydrogen-bond acceptors (Lipinski definition) is 6. The Labute approximate surface area is 123 Å². The van der Waals surface area contributed by atoms with Crippen LogP contribution in [-0.4, -0.2) is 47.0 Å². The average molecular weight is 299 g/mol. The van der Waals surface area contributed by atoms with Crippen molar-refractivity contribution in [2.24, 2.45) is 0 Å². The van der Waals surface area contributed by atoms with Gasteiger partial charge in [-0.3, -0.25) is 4.79 Å². The van der Waals surface area contributed by atoms with Crippen molar-refractivity contribution in [1.82, 2.24) is 20.3 Å². The van der Waals surface area contributed by atoms with E-state index in [-0.39, 0.29) is 17.7 Å². The first-order valence-corrected chi connectivity index (χ1v) is 7.12. The van der Waals surface area contributed by atoms with E-state index in [2.05, 4.69) is 25.6 Å². The summed E-state index contributed by atoms with van der Waals surface area (Å²) in [7, 11) is 1.75. The SMILES string of the molecule is CCCNc1nc(Cl)nc(N(C)CC(=O)NC2CC2)n1. The van der Waals surface area contributed by atoms with Crippen molar-refractivity contribution >= 4 is 29.4 Å². The topological polar surface area (TPSA) is 83.0 Å². The number of rotatable bonds is 7. The predicted octanol–water partition coefficient (Wildman–Crippen LogP) is 1.06. The van der Waals surface area contributed by atoms with E-state index in [1.165, 1.54) is 0 Å². The summed E-state index contributed by atoms with van der Waals surface area (Å²) in [6.45, 7) is 3.00. The molecule has 1 aliphatic carbocycles. The zero-order chi connectivity index (χ0) is 14.5. The first-order valence-electron chi connectivity index (χ1n) is 6.74. The van der Waals surface area contributed by atoms with Gasteiger partial charge in [-0.1, -0.05) is 6.92 Å². The molecule has 110 valence electrons. The van der Waals surface area contributed by atoms with Gasteiger partial charge in [-0.2, -0.15) is 15.0 Å². The van der Waals surface area contributed by atoms with Crippen LogP contribution < -0.4 is 15.5 Å². The second kappa shape index (κ2) is 6.69. The fourth-order valence-electron chi connectivity index (χ4n) is 1.61. The maximum Gasteiger partial charge on any atom is 0.239 e. The number of nitrogens with one attached hydrogen (secondary N) is 2. The molecule has 7 nitrogen and oxygen atoms in total. The van der Waals surface area contributed by atoms with Crippen molar-refractivity contribution in [3.63, 3.8) is 0 Å². The molecule has 0 saturated heterocycles. The second-order valence-electron chi connectivity index (χ2n) is 4.85. The van der Waals surface area contributed by atoms with Crippen molar-refractivity contribution in [1.29, 1.82) is 0 Å². The Morgan fingerprint density at radius 3 is 2.80 bits per heavy atom. The molecule has 1 aliphatic rings. The van der Waals surface area contributed by atoms with Crippen LogP contribution in [0.1, 0.15) is 26.2 Å². The lowest BCUT2D eigenvalue weighted by molar-refractivity contribution is -0.119. The van der Waals surface area contributed by atoms with Crippen LogP contribution in [0.5, 0.6) is 0 Å². The van der Waals surface area contributed by atoms with Crippen LogP contribution >= 0.6 is 11.6 Å². The maximum atomic E-state index is 11.7. The molecule has 0 bridgehead atoms. The van der Waals surface area contributed by atoms with Crippen LogP contribution in [0.4, 0.5) is 11.9 Å². The van der Waals surface area contributed by atoms with Gasteiger partial charge in [0.15, 0.2) is 0 Å². The summed E-state index contributed by atoms with van der Waals surface area (Å²) < 4.78 is 0. The summed E-state index contributed by atoms with van der Waals surface area (Å²) in [5.41, 5.74) is 0. The highest BCUT2D eigenvalue weighted by molar-refractivity contribution is 6.28. The Balaban J connectivity index is 1.98. The summed E-state index contributed by atoms with van der Waals surface area (Å²) in [6, 6.07) is 0.347. The summed E-state index contributed by atoms with van der Waals surface area (Å²) in [5, 5.41) is 6.08. The minimum Gasteiger partial charge on any atom is -0.354 e. The maximum absolute atomic E-state index is 11.7. The number of halogens is 1. The molecular formula is C12H19ClN6O. The van der Waals surface area contributed by atoms with E-state index in [1.807, 2.05) is 6.92 Å². The molecule has 1 aromatic rings. The number of aromatic nitrogens is 3. The van der Waals surface area contributed by atoms with E-state index >= 15 is 0 Å². The van der Waals surface area contributed by atoms with Crippen LogP contribution in [0, 0.1) is 0 Å². The Morgan fingerprint density at radius 2 is 2.15 bits per heavy atom. The molecule has 0 unspecified atom stereocenters. The summed E-state index contributed by atoms with van der Waals surface area (Å²) >= 11 is 5.87. The van der Waals surface area contributed by atoms with Crippen LogP contribution in [0.15, 0.2) is 0 Å². The molecule has 0 radical (unpaired) electrons. The standard InChI is InChI=1S/C12H19ClN6O/c1-3-6-14-11-16-10(13)17-12(18-11)19(2)7-9(20)15-8-4-5-8/h8H,3-7H2,1-2H3,(H,15,20)(H,14,16,17,18). The van der Waals surface area contributed by atoms with E-state index < -0.39 is 0 Å². The Bertz CT molecular complexity index is 479. The van der Waals surface area contributed by atoms with Crippen molar-refractivity contribution in [3.8, 4) is 0 Å². The molecule has 8 heteroatoms. The lowest BCUT2D eigenvalue weighted by Crippen LogP contribution is -2.37. The third-order valence-electron chi connectivity index (χ3n) is 2.79. The third-order valence-corrected chi connectivity index (χ3v) is 2.96. The lowest BCUT2D eigenvalue weighted by atomic mass is 10.5. The van der Waals surface area contributed by atoms with Gasteiger partial charge in [-0.05, 0) is 30.9 Å². The largest absolute Gasteiger partial charge is 0.354 e. The number of carbonyl (C=O) groups excluding carboxylic acids is 1. The number of carbonyl (C=O) groups is 1. The van der Waals surface area contributed by atoms with Crippen molar-refractivity contribution < 1.29 is 4.79 Å². The Hall–Kier alpha value is -1.63. The molecule has 0 atom stereocenters. The van der Waals surface area contributed by atoms with E-state index in [4.69, 9.17) is 11.6 Å². The minimum absolute atomic E-state index is 0.0328. The van der Waals surface area contributed by atoms with Gasteiger partial charge in [-0.15, -0.1) is 0 Å². The molecule has 0 aromatic carbocycles. The van der Waals surface area contributed by atoms with Gasteiger partial charge in [0, 0.05) is 19.6 Å². The lowest BCUT2D eigenvalue weighted by Gasteiger charge is -2.17. The highest BCUT2D eigenvalue weighted by Gasteiger charge is 2.24. The van der Waals surface area contributed by atoms with Gasteiger partial charge in [-0.25, -0.2) is 0 Å². The third kappa shape index (κ3) is 4.48. The number of amides is 1. The van der Waals surface area contributed by atoms with Crippen LogP contribution in [0.2, 0.25) is 5.28 Å². The summed E-state index contributed by atoms with van der Waals surface area (Å²) in [6.07, 6.45) is 3.09. The molecule has 2 rings (SSSR count). The van der Waals surface area contributed by atoms with Crippen LogP contribution in [-0.2, 0) is 4.79 Å². The van der Waals surface area contributed by atoms with E-state index in [0.29, 0.717) is 17.9 Å². The molecule has 0 aliphatic heterocycles. The van der Waals surface area contributed by atoms with E-state index in [1.54, 1.807) is 11.9 Å². The number of anilines is 2. The van der Waals surface area contributed by atoms with Gasteiger partial charge in [0.05, 0.1) is 6.54 Å². The molecule has 1 heterocycles. The second-order valence-corrected chi connectivity index (χ2v) is 5.19. The quantitative estimate of drug-likeness (QED) is 0.783. The first kappa shape index (κ1) is 14.8. The highest BCUT2D eigenvalue weighted by atomic mass is 35.5. The fraction of sp³-hybridized carbons (Fsp3) is 0.667. The molecule has 1 saturated carbocycles. The van der Waals surface area contributed by atoms with Crippen LogP contribution in [0.3, 0.4) is 0 Å². The molecule has 2 N–H and O–H groups in total. The van der Waals surface area contributed by atoms with Gasteiger partial charge in [0.2, 0.25) is 23.1 Å². The molecule has 20 heavy (non-hydrogen) atoms. The Kier molecular flexibility index (Phi) is 4.94. The van der Waals surface area contributed by atoms with Gasteiger partial charge >= 0.3 is 0 Å². The molecule has 1 amide bonds. The monoisotopic (exact) mass is 298 g/mol. The summed E-state index contributed by atoms with van der Waals surface area (Å²) in [4.78, 5) is 25.7. The fourth-order valence-corrected chi connectivity index (χ4v) is 1.77. The summed E-state index contributed by atoms with van der Waals surface area (Å²) in [5.74, 6) is 0.778. The number of likely N-dealkylation sites (N-methyl/N-ethyl adjacent to an activating group) is 1. The Morgan fingerprint density at radius 1 is 1.40 bits per heavy atom. The van der Waals surface area contributed by atoms with Crippen molar-refractivity contribution in [2.45, 2.75) is 32.2 Å². The zero-order valence-corrected chi connectivity index (χ0v) is 12.4. The molecular weight excluding hydrogens is 280 g/mol. The van der Waals surface area contributed by atoms with Gasteiger partial charge < -0.3 is 15.5 Å². The predicted molar refractivity (Wildman–Crippen MR) is 78.1 cm³/mol. The zero-order valence-electron chi connectivity index (χ0n) is 11.7.